The standard InChI is InChI=1S/C18H9ClF10N2O6S2/c19-10-3-1-8(15(20,21)22)5-11(10)30-14(32)7-39(36,37)13-4-2-9(6-12(13)31(33)34)38(35)18(28,29)16(23,24)17(25,26)27/h1-6H,7H2,(H,30,32). The highest BCUT2D eigenvalue weighted by atomic mass is 35.5. The van der Waals surface area contributed by atoms with Crippen LogP contribution in [-0.4, -0.2) is 46.6 Å². The predicted octanol–water partition coefficient (Wildman–Crippen LogP) is 5.58. The molecule has 0 spiro atoms. The highest BCUT2D eigenvalue weighted by Gasteiger charge is 2.76. The molecule has 21 heteroatoms. The summed E-state index contributed by atoms with van der Waals surface area (Å²) in [5.74, 6) is -10.2. The first-order valence-electron chi connectivity index (χ1n) is 9.35. The third-order valence-electron chi connectivity index (χ3n) is 4.52. The summed E-state index contributed by atoms with van der Waals surface area (Å²) in [6.45, 7) is 0. The topological polar surface area (TPSA) is 123 Å². The Hall–Kier alpha value is -3.00. The van der Waals surface area contributed by atoms with E-state index in [-0.39, 0.29) is 18.2 Å². The molecule has 2 aromatic rings. The molecule has 2 rings (SSSR count). The van der Waals surface area contributed by atoms with Gasteiger partial charge in [-0.3, -0.25) is 14.9 Å². The van der Waals surface area contributed by atoms with E-state index in [1.807, 2.05) is 0 Å². The zero-order valence-electron chi connectivity index (χ0n) is 18.0. The largest absolute Gasteiger partial charge is 0.461 e. The van der Waals surface area contributed by atoms with Gasteiger partial charge in [0.25, 0.3) is 5.69 Å². The third-order valence-corrected chi connectivity index (χ3v) is 7.91. The molecule has 1 N–H and O–H groups in total. The number of nitrogens with zero attached hydrogens (tertiary/aromatic N) is 1. The maximum absolute atomic E-state index is 13.8. The van der Waals surface area contributed by atoms with Crippen LogP contribution in [0.3, 0.4) is 0 Å². The highest BCUT2D eigenvalue weighted by Crippen LogP contribution is 2.49. The van der Waals surface area contributed by atoms with Gasteiger partial charge in [-0.2, -0.15) is 43.9 Å². The summed E-state index contributed by atoms with van der Waals surface area (Å²) in [4.78, 5) is 18.7. The Morgan fingerprint density at radius 1 is 0.974 bits per heavy atom. The number of sulfone groups is 1. The van der Waals surface area contributed by atoms with Crippen LogP contribution in [0, 0.1) is 10.1 Å². The lowest BCUT2D eigenvalue weighted by Gasteiger charge is -2.27. The number of hydrogen-bond donors (Lipinski definition) is 1. The van der Waals surface area contributed by atoms with Gasteiger partial charge in [-0.25, -0.2) is 12.6 Å². The molecule has 0 bridgehead atoms. The molecule has 0 saturated carbocycles. The Morgan fingerprint density at radius 3 is 2.03 bits per heavy atom. The number of nitro benzene ring substituents is 1. The molecule has 0 aliphatic carbocycles. The van der Waals surface area contributed by atoms with E-state index in [1.165, 1.54) is 0 Å². The van der Waals surface area contributed by atoms with Gasteiger partial charge in [-0.15, -0.1) is 0 Å². The average Bonchev–Trinajstić information content (AvgIpc) is 2.77. The first-order chi connectivity index (χ1) is 17.4. The first kappa shape index (κ1) is 32.2. The zero-order valence-corrected chi connectivity index (χ0v) is 20.4. The van der Waals surface area contributed by atoms with Crippen LogP contribution < -0.4 is 5.32 Å². The molecular weight excluding hydrogens is 630 g/mol. The van der Waals surface area contributed by atoms with Crippen LogP contribution in [0.1, 0.15) is 5.56 Å². The van der Waals surface area contributed by atoms with E-state index in [9.17, 15) is 71.4 Å². The quantitative estimate of drug-likeness (QED) is 0.229. The Balaban J connectivity index is 2.44. The summed E-state index contributed by atoms with van der Waals surface area (Å²) >= 11 is 5.65. The number of halogens is 11. The lowest BCUT2D eigenvalue weighted by molar-refractivity contribution is -0.388. The van der Waals surface area contributed by atoms with Crippen molar-refractivity contribution < 1.29 is 66.2 Å². The second kappa shape index (κ2) is 10.5. The normalized spacial score (nSPS) is 14.1. The lowest BCUT2D eigenvalue weighted by atomic mass is 10.2. The number of benzene rings is 2. The number of rotatable bonds is 8. The molecule has 0 heterocycles. The molecule has 0 aliphatic rings. The van der Waals surface area contributed by atoms with Crippen molar-refractivity contribution in [2.45, 2.75) is 33.3 Å². The molecule has 0 radical (unpaired) electrons. The second-order valence-corrected chi connectivity index (χ2v) is 11.1. The van der Waals surface area contributed by atoms with Gasteiger partial charge in [-0.05, 0) is 30.3 Å². The fraction of sp³-hybridized carbons (Fsp3) is 0.278. The number of carbonyl (C=O) groups excluding carboxylic acids is 1. The monoisotopic (exact) mass is 638 g/mol. The maximum atomic E-state index is 13.8. The minimum absolute atomic E-state index is 0.0118. The minimum atomic E-state index is -6.89. The van der Waals surface area contributed by atoms with Gasteiger partial charge in [0, 0.05) is 6.07 Å². The zero-order chi connectivity index (χ0) is 30.4. The summed E-state index contributed by atoms with van der Waals surface area (Å²) in [7, 11) is -9.78. The van der Waals surface area contributed by atoms with Crippen LogP contribution in [0.2, 0.25) is 5.02 Å². The summed E-state index contributed by atoms with van der Waals surface area (Å²) in [5.41, 5.74) is -3.77. The smallest absolute Gasteiger partial charge is 0.324 e. The molecule has 2 aromatic carbocycles. The maximum Gasteiger partial charge on any atom is 0.461 e. The van der Waals surface area contributed by atoms with Crippen molar-refractivity contribution in [1.29, 1.82) is 0 Å². The van der Waals surface area contributed by atoms with Gasteiger partial charge in [0.05, 0.1) is 26.1 Å². The number of anilines is 1. The van der Waals surface area contributed by atoms with E-state index in [1.54, 1.807) is 5.32 Å². The Kier molecular flexibility index (Phi) is 8.69. The van der Waals surface area contributed by atoms with Crippen LogP contribution in [0.5, 0.6) is 0 Å². The van der Waals surface area contributed by atoms with Crippen LogP contribution in [0.25, 0.3) is 0 Å². The average molecular weight is 639 g/mol. The van der Waals surface area contributed by atoms with E-state index >= 15 is 0 Å². The van der Waals surface area contributed by atoms with E-state index < -0.39 is 92.5 Å². The number of alkyl halides is 10. The van der Waals surface area contributed by atoms with Gasteiger partial charge in [0.1, 0.15) is 21.4 Å². The minimum Gasteiger partial charge on any atom is -0.324 e. The molecular formula is C18H9ClF10N2O6S2. The molecule has 0 aromatic heterocycles. The van der Waals surface area contributed by atoms with Gasteiger partial charge in [-0.1, -0.05) is 11.6 Å². The Morgan fingerprint density at radius 2 is 1.54 bits per heavy atom. The van der Waals surface area contributed by atoms with Gasteiger partial charge >= 0.3 is 23.5 Å². The van der Waals surface area contributed by atoms with E-state index in [2.05, 4.69) is 0 Å². The fourth-order valence-corrected chi connectivity index (χ4v) is 5.20. The number of hydrogen-bond acceptors (Lipinski definition) is 6. The molecule has 1 atom stereocenters. The number of carbonyl (C=O) groups is 1. The van der Waals surface area contributed by atoms with Gasteiger partial charge in [0.2, 0.25) is 5.91 Å². The number of nitro groups is 1. The molecule has 0 saturated heterocycles. The number of amides is 1. The van der Waals surface area contributed by atoms with Crippen LogP contribution in [-0.2, 0) is 31.6 Å². The van der Waals surface area contributed by atoms with Crippen molar-refractivity contribution in [3.8, 4) is 0 Å². The first-order valence-corrected chi connectivity index (χ1v) is 12.5. The fourth-order valence-electron chi connectivity index (χ4n) is 2.68. The Labute approximate surface area is 217 Å². The molecule has 39 heavy (non-hydrogen) atoms. The summed E-state index contributed by atoms with van der Waals surface area (Å²) in [5, 5.41) is 6.18. The van der Waals surface area contributed by atoms with E-state index in [0.29, 0.717) is 18.2 Å². The summed E-state index contributed by atoms with van der Waals surface area (Å²) < 4.78 is 167. The predicted molar refractivity (Wildman–Crippen MR) is 113 cm³/mol. The molecule has 216 valence electrons. The number of nitrogens with one attached hydrogen (secondary N) is 1. The van der Waals surface area contributed by atoms with E-state index in [0.717, 1.165) is 0 Å². The van der Waals surface area contributed by atoms with Crippen molar-refractivity contribution in [2.75, 3.05) is 11.1 Å². The molecule has 1 amide bonds. The highest BCUT2D eigenvalue weighted by molar-refractivity contribution is 7.92. The van der Waals surface area contributed by atoms with Crippen molar-refractivity contribution >= 4 is 49.5 Å². The van der Waals surface area contributed by atoms with Crippen molar-refractivity contribution in [1.82, 2.24) is 0 Å². The van der Waals surface area contributed by atoms with Crippen LogP contribution >= 0.6 is 11.6 Å². The Bertz CT molecular complexity index is 1440. The lowest BCUT2D eigenvalue weighted by Crippen LogP contribution is -2.54. The van der Waals surface area contributed by atoms with Crippen molar-refractivity contribution in [3.05, 3.63) is 57.1 Å². The van der Waals surface area contributed by atoms with Gasteiger partial charge in [0.15, 0.2) is 9.84 Å². The summed E-state index contributed by atoms with van der Waals surface area (Å²) in [6.07, 6.45) is -11.8. The molecule has 0 aliphatic heterocycles. The van der Waals surface area contributed by atoms with Crippen LogP contribution in [0.15, 0.2) is 46.2 Å². The van der Waals surface area contributed by atoms with E-state index in [4.69, 9.17) is 11.6 Å². The molecule has 0 fully saturated rings. The SMILES string of the molecule is O=C(CS(=O)(=O)c1ccc(S(=O)C(F)(F)C(F)(F)C(F)(F)F)cc1[N+](=O)[O-])Nc1cc(C(F)(F)F)ccc1Cl. The van der Waals surface area contributed by atoms with Crippen molar-refractivity contribution in [3.63, 3.8) is 0 Å². The second-order valence-electron chi connectivity index (χ2n) is 7.24. The summed E-state index contributed by atoms with van der Waals surface area (Å²) in [6, 6.07) is 1.35. The molecule has 1 unspecified atom stereocenters. The van der Waals surface area contributed by atoms with Crippen molar-refractivity contribution in [2.24, 2.45) is 0 Å². The van der Waals surface area contributed by atoms with Gasteiger partial charge < -0.3 is 5.32 Å². The molecule has 8 nitrogen and oxygen atoms in total. The van der Waals surface area contributed by atoms with Crippen LogP contribution in [0.4, 0.5) is 55.3 Å². The third kappa shape index (κ3) is 6.60.